The summed E-state index contributed by atoms with van der Waals surface area (Å²) in [6.45, 7) is 4.40. The van der Waals surface area contributed by atoms with Crippen LogP contribution in [0.5, 0.6) is 0 Å². The summed E-state index contributed by atoms with van der Waals surface area (Å²) in [5.74, 6) is -0.0428. The Morgan fingerprint density at radius 1 is 1.39 bits per heavy atom. The summed E-state index contributed by atoms with van der Waals surface area (Å²) in [5, 5.41) is 7.06. The molecule has 128 valence electrons. The molecule has 7 nitrogen and oxygen atoms in total. The summed E-state index contributed by atoms with van der Waals surface area (Å²) in [6.07, 6.45) is 5.71. The molecule has 2 rings (SSSR count). The highest BCUT2D eigenvalue weighted by Gasteiger charge is 2.35. The van der Waals surface area contributed by atoms with Crippen LogP contribution in [0.2, 0.25) is 0 Å². The molecule has 0 aromatic carbocycles. The van der Waals surface area contributed by atoms with Gasteiger partial charge >= 0.3 is 6.03 Å². The number of hydrogen-bond donors (Lipinski definition) is 1. The number of carbonyl (C=O) groups is 2. The van der Waals surface area contributed by atoms with Crippen LogP contribution >= 0.6 is 0 Å². The fourth-order valence-corrected chi connectivity index (χ4v) is 2.51. The van der Waals surface area contributed by atoms with E-state index in [-0.39, 0.29) is 23.9 Å². The second kappa shape index (κ2) is 7.02. The SMILES string of the molecule is CC(C)[C@@H](NC(=O)N(Cc1cnn(C)c1)C1CC1)C(=O)N(C)C. The van der Waals surface area contributed by atoms with Crippen LogP contribution in [0.25, 0.3) is 0 Å². The highest BCUT2D eigenvalue weighted by molar-refractivity contribution is 5.87. The first-order valence-electron chi connectivity index (χ1n) is 8.05. The van der Waals surface area contributed by atoms with Crippen LogP contribution < -0.4 is 5.32 Å². The van der Waals surface area contributed by atoms with Crippen LogP contribution in [0, 0.1) is 5.92 Å². The van der Waals surface area contributed by atoms with Gasteiger partial charge in [-0.3, -0.25) is 9.48 Å². The lowest BCUT2D eigenvalue weighted by atomic mass is 10.0. The van der Waals surface area contributed by atoms with Gasteiger partial charge in [0.15, 0.2) is 0 Å². The molecular formula is C16H27N5O2. The summed E-state index contributed by atoms with van der Waals surface area (Å²) in [7, 11) is 5.27. The number of nitrogens with one attached hydrogen (secondary N) is 1. The molecule has 0 bridgehead atoms. The highest BCUT2D eigenvalue weighted by atomic mass is 16.2. The maximum Gasteiger partial charge on any atom is 0.318 e. The minimum Gasteiger partial charge on any atom is -0.347 e. The monoisotopic (exact) mass is 321 g/mol. The lowest BCUT2D eigenvalue weighted by Gasteiger charge is -2.29. The van der Waals surface area contributed by atoms with Gasteiger partial charge in [-0.15, -0.1) is 0 Å². The Bertz CT molecular complexity index is 563. The fourth-order valence-electron chi connectivity index (χ4n) is 2.51. The van der Waals surface area contributed by atoms with Crippen LogP contribution in [-0.4, -0.2) is 57.7 Å². The van der Waals surface area contributed by atoms with Crippen LogP contribution in [0.1, 0.15) is 32.3 Å². The van der Waals surface area contributed by atoms with Crippen molar-refractivity contribution in [2.75, 3.05) is 14.1 Å². The molecule has 3 amide bonds. The van der Waals surface area contributed by atoms with Gasteiger partial charge in [0, 0.05) is 38.9 Å². The van der Waals surface area contributed by atoms with E-state index in [0.717, 1.165) is 18.4 Å². The summed E-state index contributed by atoms with van der Waals surface area (Å²) >= 11 is 0. The summed E-state index contributed by atoms with van der Waals surface area (Å²) in [5.41, 5.74) is 0.995. The molecule has 1 heterocycles. The fraction of sp³-hybridized carbons (Fsp3) is 0.688. The van der Waals surface area contributed by atoms with E-state index in [2.05, 4.69) is 10.4 Å². The smallest absolute Gasteiger partial charge is 0.318 e. The van der Waals surface area contributed by atoms with Gasteiger partial charge in [0.05, 0.1) is 12.7 Å². The third kappa shape index (κ3) is 4.46. The molecule has 0 radical (unpaired) electrons. The largest absolute Gasteiger partial charge is 0.347 e. The van der Waals surface area contributed by atoms with Crippen molar-refractivity contribution in [3.05, 3.63) is 18.0 Å². The molecule has 1 aliphatic rings. The highest BCUT2D eigenvalue weighted by Crippen LogP contribution is 2.28. The number of urea groups is 1. The van der Waals surface area contributed by atoms with E-state index in [9.17, 15) is 9.59 Å². The number of aromatic nitrogens is 2. The van der Waals surface area contributed by atoms with Crippen molar-refractivity contribution in [2.45, 2.75) is 45.3 Å². The quantitative estimate of drug-likeness (QED) is 0.856. The lowest BCUT2D eigenvalue weighted by Crippen LogP contribution is -2.53. The average Bonchev–Trinajstić information content (AvgIpc) is 3.23. The Hall–Kier alpha value is -2.05. The first-order chi connectivity index (χ1) is 10.8. The number of carbonyl (C=O) groups excluding carboxylic acids is 2. The maximum absolute atomic E-state index is 12.7. The van der Waals surface area contributed by atoms with Crippen LogP contribution in [0.4, 0.5) is 4.79 Å². The zero-order valence-corrected chi connectivity index (χ0v) is 14.6. The van der Waals surface area contributed by atoms with Gasteiger partial charge in [0.2, 0.25) is 5.91 Å². The van der Waals surface area contributed by atoms with Crippen LogP contribution in [-0.2, 0) is 18.4 Å². The van der Waals surface area contributed by atoms with Crippen LogP contribution in [0.3, 0.4) is 0 Å². The van der Waals surface area contributed by atoms with Crippen molar-refractivity contribution in [3.63, 3.8) is 0 Å². The third-order valence-electron chi connectivity index (χ3n) is 4.01. The predicted octanol–water partition coefficient (Wildman–Crippen LogP) is 1.21. The second-order valence-electron chi connectivity index (χ2n) is 6.79. The van der Waals surface area contributed by atoms with E-state index in [1.165, 1.54) is 4.90 Å². The Labute approximate surface area is 137 Å². The molecule has 0 aliphatic heterocycles. The molecule has 1 atom stereocenters. The lowest BCUT2D eigenvalue weighted by molar-refractivity contribution is -0.131. The van der Waals surface area contributed by atoms with Crippen molar-refractivity contribution in [3.8, 4) is 0 Å². The van der Waals surface area contributed by atoms with Gasteiger partial charge in [0.1, 0.15) is 6.04 Å². The van der Waals surface area contributed by atoms with Crippen molar-refractivity contribution in [2.24, 2.45) is 13.0 Å². The van der Waals surface area contributed by atoms with Crippen LogP contribution in [0.15, 0.2) is 12.4 Å². The van der Waals surface area contributed by atoms with Crippen molar-refractivity contribution < 1.29 is 9.59 Å². The van der Waals surface area contributed by atoms with E-state index in [1.54, 1.807) is 25.0 Å². The number of aryl methyl sites for hydroxylation is 1. The number of hydrogen-bond acceptors (Lipinski definition) is 3. The first kappa shape index (κ1) is 17.3. The number of rotatable bonds is 6. The van der Waals surface area contributed by atoms with Crippen molar-refractivity contribution >= 4 is 11.9 Å². The molecule has 7 heteroatoms. The number of nitrogens with zero attached hydrogens (tertiary/aromatic N) is 4. The molecule has 1 aromatic rings. The summed E-state index contributed by atoms with van der Waals surface area (Å²) in [6, 6.07) is -0.421. The predicted molar refractivity (Wildman–Crippen MR) is 87.6 cm³/mol. The Morgan fingerprint density at radius 3 is 2.48 bits per heavy atom. The maximum atomic E-state index is 12.7. The molecular weight excluding hydrogens is 294 g/mol. The van der Waals surface area contributed by atoms with E-state index >= 15 is 0 Å². The molecule has 1 aromatic heterocycles. The molecule has 0 unspecified atom stereocenters. The van der Waals surface area contributed by atoms with E-state index < -0.39 is 6.04 Å². The Balaban J connectivity index is 2.06. The van der Waals surface area contributed by atoms with E-state index in [4.69, 9.17) is 0 Å². The topological polar surface area (TPSA) is 70.5 Å². The van der Waals surface area contributed by atoms with Crippen molar-refractivity contribution in [1.82, 2.24) is 24.9 Å². The van der Waals surface area contributed by atoms with Gasteiger partial charge in [-0.25, -0.2) is 4.79 Å². The minimum atomic E-state index is -0.507. The zero-order chi connectivity index (χ0) is 17.1. The minimum absolute atomic E-state index is 0.0355. The van der Waals surface area contributed by atoms with E-state index in [0.29, 0.717) is 6.54 Å². The van der Waals surface area contributed by atoms with Gasteiger partial charge in [-0.1, -0.05) is 13.8 Å². The molecule has 23 heavy (non-hydrogen) atoms. The summed E-state index contributed by atoms with van der Waals surface area (Å²) in [4.78, 5) is 28.3. The normalized spacial score (nSPS) is 15.4. The Morgan fingerprint density at radius 2 is 2.04 bits per heavy atom. The van der Waals surface area contributed by atoms with Gasteiger partial charge in [-0.05, 0) is 18.8 Å². The molecule has 1 aliphatic carbocycles. The summed E-state index contributed by atoms with van der Waals surface area (Å²) < 4.78 is 1.73. The van der Waals surface area contributed by atoms with E-state index in [1.807, 2.05) is 32.0 Å². The number of amides is 3. The van der Waals surface area contributed by atoms with Gasteiger partial charge in [-0.2, -0.15) is 5.10 Å². The second-order valence-corrected chi connectivity index (χ2v) is 6.79. The molecule has 0 spiro atoms. The zero-order valence-electron chi connectivity index (χ0n) is 14.6. The third-order valence-corrected chi connectivity index (χ3v) is 4.01. The Kier molecular flexibility index (Phi) is 5.28. The molecule has 0 saturated heterocycles. The molecule has 1 N–H and O–H groups in total. The van der Waals surface area contributed by atoms with Crippen molar-refractivity contribution in [1.29, 1.82) is 0 Å². The first-order valence-corrected chi connectivity index (χ1v) is 8.05. The molecule has 1 fully saturated rings. The average molecular weight is 321 g/mol. The van der Waals surface area contributed by atoms with Gasteiger partial charge < -0.3 is 15.1 Å². The van der Waals surface area contributed by atoms with Gasteiger partial charge in [0.25, 0.3) is 0 Å². The standard InChI is InChI=1S/C16H27N5O2/c1-11(2)14(15(22)19(3)4)18-16(23)21(13-6-7-13)10-12-8-17-20(5)9-12/h8-9,11,13-14H,6-7,10H2,1-5H3,(H,18,23)/t14-/m1/s1. The number of likely N-dealkylation sites (N-methyl/N-ethyl adjacent to an activating group) is 1. The molecule has 1 saturated carbocycles.